The van der Waals surface area contributed by atoms with Crippen molar-refractivity contribution in [1.29, 1.82) is 5.26 Å². The Hall–Kier alpha value is -3.65. The molecule has 0 radical (unpaired) electrons. The quantitative estimate of drug-likeness (QED) is 0.604. The van der Waals surface area contributed by atoms with E-state index in [9.17, 15) is 10.1 Å². The molecule has 1 aromatic heterocycles. The molecule has 0 aliphatic carbocycles. The van der Waals surface area contributed by atoms with Gasteiger partial charge in [-0.1, -0.05) is 48.5 Å². The number of ether oxygens (including phenoxy) is 1. The highest BCUT2D eigenvalue weighted by Crippen LogP contribution is 2.28. The lowest BCUT2D eigenvalue weighted by Crippen LogP contribution is -2.43. The molecule has 1 aliphatic heterocycles. The molecule has 1 amide bonds. The predicted octanol–water partition coefficient (Wildman–Crippen LogP) is 4.60. The topological polar surface area (TPSA) is 66.2 Å². The Morgan fingerprint density at radius 1 is 1.07 bits per heavy atom. The number of nitriles is 1. The molecule has 3 aromatic rings. The van der Waals surface area contributed by atoms with Gasteiger partial charge in [0.05, 0.1) is 11.6 Å². The summed E-state index contributed by atoms with van der Waals surface area (Å²) in [5.74, 6) is 0.572. The fourth-order valence-corrected chi connectivity index (χ4v) is 3.87. The summed E-state index contributed by atoms with van der Waals surface area (Å²) in [5, 5.41) is 10.6. The molecule has 0 spiro atoms. The standard InChI is InChI=1S/C25H23N3O2/c1-18(30-23-11-5-9-21-10-6-14-27-24(21)23)25(29)28-15-12-20(13-16-28)22(17-26)19-7-3-2-4-8-19/h2-11,14,18H,12-13,15-16H2,1H3. The first-order chi connectivity index (χ1) is 14.7. The third-order valence-corrected chi connectivity index (χ3v) is 5.45. The van der Waals surface area contributed by atoms with Crippen LogP contribution in [0.3, 0.4) is 0 Å². The first kappa shape index (κ1) is 19.7. The summed E-state index contributed by atoms with van der Waals surface area (Å²) in [5.41, 5.74) is 3.54. The van der Waals surface area contributed by atoms with Gasteiger partial charge in [-0.05, 0) is 43.0 Å². The van der Waals surface area contributed by atoms with Crippen molar-refractivity contribution < 1.29 is 9.53 Å². The molecule has 150 valence electrons. The lowest BCUT2D eigenvalue weighted by Gasteiger charge is -2.31. The lowest BCUT2D eigenvalue weighted by atomic mass is 9.94. The number of rotatable bonds is 4. The van der Waals surface area contributed by atoms with Crippen molar-refractivity contribution in [2.45, 2.75) is 25.9 Å². The van der Waals surface area contributed by atoms with Crippen LogP contribution in [0.4, 0.5) is 0 Å². The van der Waals surface area contributed by atoms with Gasteiger partial charge in [-0.2, -0.15) is 5.26 Å². The van der Waals surface area contributed by atoms with Crippen molar-refractivity contribution in [3.05, 3.63) is 78.0 Å². The van der Waals surface area contributed by atoms with Crippen molar-refractivity contribution in [3.8, 4) is 11.8 Å². The average molecular weight is 397 g/mol. The van der Waals surface area contributed by atoms with Gasteiger partial charge in [0.25, 0.3) is 5.91 Å². The Bertz CT molecular complexity index is 1120. The first-order valence-electron chi connectivity index (χ1n) is 10.1. The third kappa shape index (κ3) is 4.04. The van der Waals surface area contributed by atoms with Crippen LogP contribution >= 0.6 is 0 Å². The number of likely N-dealkylation sites (tertiary alicyclic amines) is 1. The van der Waals surface area contributed by atoms with Gasteiger partial charge in [-0.25, -0.2) is 0 Å². The van der Waals surface area contributed by atoms with Gasteiger partial charge in [0, 0.05) is 24.7 Å². The lowest BCUT2D eigenvalue weighted by molar-refractivity contribution is -0.138. The van der Waals surface area contributed by atoms with E-state index in [-0.39, 0.29) is 5.91 Å². The molecule has 0 N–H and O–H groups in total. The number of carbonyl (C=O) groups is 1. The molecule has 1 unspecified atom stereocenters. The number of hydrogen-bond acceptors (Lipinski definition) is 4. The number of fused-ring (bicyclic) bond motifs is 1. The number of carbonyl (C=O) groups excluding carboxylic acids is 1. The summed E-state index contributed by atoms with van der Waals surface area (Å²) in [6.45, 7) is 2.96. The molecule has 1 fully saturated rings. The van der Waals surface area contributed by atoms with Crippen LogP contribution in [0.15, 0.2) is 72.4 Å². The zero-order chi connectivity index (χ0) is 20.9. The van der Waals surface area contributed by atoms with Gasteiger partial charge in [0.2, 0.25) is 0 Å². The Morgan fingerprint density at radius 3 is 2.53 bits per heavy atom. The average Bonchev–Trinajstić information content (AvgIpc) is 2.80. The summed E-state index contributed by atoms with van der Waals surface area (Å²) >= 11 is 0. The monoisotopic (exact) mass is 397 g/mol. The number of amides is 1. The van der Waals surface area contributed by atoms with Gasteiger partial charge in [-0.3, -0.25) is 9.78 Å². The van der Waals surface area contributed by atoms with Gasteiger partial charge >= 0.3 is 0 Å². The maximum Gasteiger partial charge on any atom is 0.263 e. The van der Waals surface area contributed by atoms with Gasteiger partial charge in [0.15, 0.2) is 6.10 Å². The molecule has 1 saturated heterocycles. The molecule has 30 heavy (non-hydrogen) atoms. The minimum absolute atomic E-state index is 0.0415. The molecule has 4 rings (SSSR count). The smallest absolute Gasteiger partial charge is 0.263 e. The molecule has 2 aromatic carbocycles. The Balaban J connectivity index is 1.44. The molecular formula is C25H23N3O2. The number of piperidine rings is 1. The minimum Gasteiger partial charge on any atom is -0.479 e. The fourth-order valence-electron chi connectivity index (χ4n) is 3.87. The van der Waals surface area contributed by atoms with Crippen molar-refractivity contribution in [2.24, 2.45) is 0 Å². The SMILES string of the molecule is CC(Oc1cccc2cccnc12)C(=O)N1CCC(=C(C#N)c2ccccc2)CC1. The van der Waals surface area contributed by atoms with Crippen LogP contribution in [0.2, 0.25) is 0 Å². The van der Waals surface area contributed by atoms with E-state index in [1.807, 2.05) is 65.6 Å². The van der Waals surface area contributed by atoms with Gasteiger partial charge in [-0.15, -0.1) is 0 Å². The number of pyridine rings is 1. The Labute approximate surface area is 176 Å². The van der Waals surface area contributed by atoms with E-state index in [1.54, 1.807) is 13.1 Å². The van der Waals surface area contributed by atoms with E-state index in [0.29, 0.717) is 31.7 Å². The van der Waals surface area contributed by atoms with Crippen molar-refractivity contribution >= 4 is 22.4 Å². The van der Waals surface area contributed by atoms with Crippen LogP contribution in [0.5, 0.6) is 5.75 Å². The zero-order valence-electron chi connectivity index (χ0n) is 16.9. The van der Waals surface area contributed by atoms with E-state index in [1.165, 1.54) is 0 Å². The molecule has 1 atom stereocenters. The number of para-hydroxylation sites is 1. The molecule has 5 nitrogen and oxygen atoms in total. The van der Waals surface area contributed by atoms with E-state index in [2.05, 4.69) is 11.1 Å². The predicted molar refractivity (Wildman–Crippen MR) is 117 cm³/mol. The number of nitrogens with zero attached hydrogens (tertiary/aromatic N) is 3. The minimum atomic E-state index is -0.604. The maximum absolute atomic E-state index is 13.0. The second kappa shape index (κ2) is 8.79. The van der Waals surface area contributed by atoms with Crippen LogP contribution in [0.1, 0.15) is 25.3 Å². The summed E-state index contributed by atoms with van der Waals surface area (Å²) in [6.07, 6.45) is 2.52. The molecule has 1 aliphatic rings. The molecule has 5 heteroatoms. The largest absolute Gasteiger partial charge is 0.479 e. The number of allylic oxidation sites excluding steroid dienone is 1. The van der Waals surface area contributed by atoms with E-state index < -0.39 is 6.10 Å². The normalized spacial score (nSPS) is 14.8. The highest BCUT2D eigenvalue weighted by Gasteiger charge is 2.26. The molecular weight excluding hydrogens is 374 g/mol. The van der Waals surface area contributed by atoms with Crippen LogP contribution in [-0.4, -0.2) is 35.0 Å². The highest BCUT2D eigenvalue weighted by molar-refractivity contribution is 5.86. The first-order valence-corrected chi connectivity index (χ1v) is 10.1. The maximum atomic E-state index is 13.0. The van der Waals surface area contributed by atoms with Crippen LogP contribution in [0.25, 0.3) is 16.5 Å². The van der Waals surface area contributed by atoms with Crippen molar-refractivity contribution in [2.75, 3.05) is 13.1 Å². The van der Waals surface area contributed by atoms with Crippen LogP contribution < -0.4 is 4.74 Å². The van der Waals surface area contributed by atoms with Gasteiger partial charge in [0.1, 0.15) is 11.3 Å². The molecule has 0 bridgehead atoms. The Kier molecular flexibility index (Phi) is 5.76. The second-order valence-corrected chi connectivity index (χ2v) is 7.37. The summed E-state index contributed by atoms with van der Waals surface area (Å²) in [4.78, 5) is 19.2. The third-order valence-electron chi connectivity index (χ3n) is 5.45. The van der Waals surface area contributed by atoms with E-state index in [0.717, 1.165) is 27.6 Å². The number of benzene rings is 2. The summed E-state index contributed by atoms with van der Waals surface area (Å²) in [6, 6.07) is 21.6. The molecule has 0 saturated carbocycles. The Morgan fingerprint density at radius 2 is 1.80 bits per heavy atom. The number of aromatic nitrogens is 1. The van der Waals surface area contributed by atoms with Crippen LogP contribution in [-0.2, 0) is 4.79 Å². The zero-order valence-corrected chi connectivity index (χ0v) is 16.9. The number of hydrogen-bond donors (Lipinski definition) is 0. The van der Waals surface area contributed by atoms with Gasteiger partial charge < -0.3 is 9.64 Å². The summed E-state index contributed by atoms with van der Waals surface area (Å²) in [7, 11) is 0. The van der Waals surface area contributed by atoms with Crippen molar-refractivity contribution in [1.82, 2.24) is 9.88 Å². The molecule has 2 heterocycles. The van der Waals surface area contributed by atoms with Crippen LogP contribution in [0, 0.1) is 11.3 Å². The fraction of sp³-hybridized carbons (Fsp3) is 0.240. The van der Waals surface area contributed by atoms with E-state index >= 15 is 0 Å². The second-order valence-electron chi connectivity index (χ2n) is 7.37. The highest BCUT2D eigenvalue weighted by atomic mass is 16.5. The summed E-state index contributed by atoms with van der Waals surface area (Å²) < 4.78 is 5.99. The van der Waals surface area contributed by atoms with E-state index in [4.69, 9.17) is 4.74 Å². The van der Waals surface area contributed by atoms with Crippen molar-refractivity contribution in [3.63, 3.8) is 0 Å².